The Bertz CT molecular complexity index is 718. The van der Waals surface area contributed by atoms with Crippen LogP contribution in [-0.2, 0) is 0 Å². The Morgan fingerprint density at radius 1 is 0.500 bits per heavy atom. The van der Waals surface area contributed by atoms with Gasteiger partial charge in [-0.25, -0.2) is 0 Å². The number of hydrogen-bond donors (Lipinski definition) is 2. The molecule has 2 N–H and O–H groups in total. The topological polar surface area (TPSA) is 40.5 Å². The average Bonchev–Trinajstić information content (AvgIpc) is 2.65. The van der Waals surface area contributed by atoms with Crippen molar-refractivity contribution in [1.82, 2.24) is 0 Å². The highest BCUT2D eigenvalue weighted by molar-refractivity contribution is 6.02. The molecule has 0 saturated carbocycles. The first-order chi connectivity index (χ1) is 11.6. The molecule has 0 heterocycles. The predicted octanol–water partition coefficient (Wildman–Crippen LogP) is 5.51. The lowest BCUT2D eigenvalue weighted by Gasteiger charge is -2.09. The highest BCUT2D eigenvalue weighted by atomic mass is 16.3. The summed E-state index contributed by atoms with van der Waals surface area (Å²) in [6.07, 6.45) is 0. The molecule has 3 rings (SSSR count). The van der Waals surface area contributed by atoms with E-state index in [-0.39, 0.29) is 11.5 Å². The molecular weight excluding hydrogens is 296 g/mol. The monoisotopic (exact) mass is 316 g/mol. The van der Waals surface area contributed by atoms with E-state index < -0.39 is 0 Å². The van der Waals surface area contributed by atoms with Gasteiger partial charge in [-0.1, -0.05) is 73.8 Å². The van der Waals surface area contributed by atoms with Crippen LogP contribution in [0, 0.1) is 0 Å². The standard InChI is InChI=1S/C16H14.C6H6O2/c1-13(15-9-5-3-6-10-15)14(2)16-11-7-4-8-12-16;7-5-1-2-6(8)4-3-5/h3-12H,1-2H2;1-4,7-8H. The number of rotatable bonds is 3. The van der Waals surface area contributed by atoms with Gasteiger partial charge in [0, 0.05) is 0 Å². The fraction of sp³-hybridized carbons (Fsp3) is 0. The Morgan fingerprint density at radius 3 is 1.08 bits per heavy atom. The molecule has 3 aromatic carbocycles. The maximum absolute atomic E-state index is 8.65. The molecular formula is C22H20O2. The summed E-state index contributed by atoms with van der Waals surface area (Å²) in [7, 11) is 0. The van der Waals surface area contributed by atoms with Crippen molar-refractivity contribution in [3.05, 3.63) is 109 Å². The Morgan fingerprint density at radius 2 is 0.792 bits per heavy atom. The van der Waals surface area contributed by atoms with Crippen molar-refractivity contribution in [2.24, 2.45) is 0 Å². The van der Waals surface area contributed by atoms with E-state index in [0.29, 0.717) is 0 Å². The van der Waals surface area contributed by atoms with Gasteiger partial charge < -0.3 is 10.2 Å². The van der Waals surface area contributed by atoms with E-state index >= 15 is 0 Å². The Labute approximate surface area is 142 Å². The van der Waals surface area contributed by atoms with Crippen molar-refractivity contribution in [3.8, 4) is 11.5 Å². The van der Waals surface area contributed by atoms with Crippen LogP contribution >= 0.6 is 0 Å². The summed E-state index contributed by atoms with van der Waals surface area (Å²) in [6, 6.07) is 26.0. The van der Waals surface area contributed by atoms with Crippen LogP contribution in [0.3, 0.4) is 0 Å². The van der Waals surface area contributed by atoms with E-state index in [4.69, 9.17) is 10.2 Å². The Hall–Kier alpha value is -3.26. The van der Waals surface area contributed by atoms with Crippen LogP contribution in [0.25, 0.3) is 11.1 Å². The van der Waals surface area contributed by atoms with Crippen molar-refractivity contribution in [2.45, 2.75) is 0 Å². The largest absolute Gasteiger partial charge is 0.508 e. The van der Waals surface area contributed by atoms with E-state index in [1.54, 1.807) is 0 Å². The molecule has 0 bridgehead atoms. The fourth-order valence-corrected chi connectivity index (χ4v) is 2.08. The molecule has 120 valence electrons. The van der Waals surface area contributed by atoms with E-state index in [0.717, 1.165) is 22.3 Å². The zero-order valence-electron chi connectivity index (χ0n) is 13.4. The zero-order valence-corrected chi connectivity index (χ0v) is 13.4. The first-order valence-corrected chi connectivity index (χ1v) is 7.55. The molecule has 0 unspecified atom stereocenters. The first-order valence-electron chi connectivity index (χ1n) is 7.55. The third-order valence-corrected chi connectivity index (χ3v) is 3.46. The molecule has 0 fully saturated rings. The number of aromatic hydroxyl groups is 2. The van der Waals surface area contributed by atoms with E-state index in [9.17, 15) is 0 Å². The fourth-order valence-electron chi connectivity index (χ4n) is 2.08. The summed E-state index contributed by atoms with van der Waals surface area (Å²) in [5, 5.41) is 17.3. The van der Waals surface area contributed by atoms with Crippen LogP contribution < -0.4 is 0 Å². The second-order valence-corrected chi connectivity index (χ2v) is 5.21. The summed E-state index contributed by atoms with van der Waals surface area (Å²) in [5.74, 6) is 0.339. The SMILES string of the molecule is C=C(C(=C)c1ccccc1)c1ccccc1.Oc1ccc(O)cc1. The lowest BCUT2D eigenvalue weighted by molar-refractivity contribution is 0.460. The van der Waals surface area contributed by atoms with Crippen LogP contribution in [0.4, 0.5) is 0 Å². The summed E-state index contributed by atoms with van der Waals surface area (Å²) < 4.78 is 0. The average molecular weight is 316 g/mol. The summed E-state index contributed by atoms with van der Waals surface area (Å²) in [6.45, 7) is 8.20. The molecule has 2 heteroatoms. The third kappa shape index (κ3) is 4.89. The van der Waals surface area contributed by atoms with Gasteiger partial charge in [0.05, 0.1) is 0 Å². The molecule has 0 aliphatic heterocycles. The number of hydrogen-bond acceptors (Lipinski definition) is 2. The molecule has 0 aliphatic carbocycles. The van der Waals surface area contributed by atoms with Crippen LogP contribution in [0.5, 0.6) is 11.5 Å². The van der Waals surface area contributed by atoms with Crippen molar-refractivity contribution >= 4 is 11.1 Å². The number of phenolic OH excluding ortho intramolecular Hbond substituents is 2. The molecule has 0 aromatic heterocycles. The van der Waals surface area contributed by atoms with Gasteiger partial charge in [-0.15, -0.1) is 0 Å². The van der Waals surface area contributed by atoms with Gasteiger partial charge in [0.1, 0.15) is 11.5 Å². The van der Waals surface area contributed by atoms with Crippen LogP contribution in [0.1, 0.15) is 11.1 Å². The number of allylic oxidation sites excluding steroid dienone is 2. The normalized spacial score (nSPS) is 9.50. The summed E-state index contributed by atoms with van der Waals surface area (Å²) in [5.41, 5.74) is 4.20. The highest BCUT2D eigenvalue weighted by Crippen LogP contribution is 2.27. The minimum Gasteiger partial charge on any atom is -0.508 e. The first kappa shape index (κ1) is 17.1. The van der Waals surface area contributed by atoms with Crippen LogP contribution in [0.15, 0.2) is 98.1 Å². The molecule has 0 amide bonds. The van der Waals surface area contributed by atoms with Crippen molar-refractivity contribution in [1.29, 1.82) is 0 Å². The molecule has 0 saturated heterocycles. The minimum absolute atomic E-state index is 0.169. The molecule has 24 heavy (non-hydrogen) atoms. The van der Waals surface area contributed by atoms with Gasteiger partial charge in [-0.05, 0) is 46.5 Å². The van der Waals surface area contributed by atoms with E-state index in [1.165, 1.54) is 24.3 Å². The number of phenols is 2. The highest BCUT2D eigenvalue weighted by Gasteiger charge is 2.04. The lowest BCUT2D eigenvalue weighted by atomic mass is 9.95. The predicted molar refractivity (Wildman–Crippen MR) is 101 cm³/mol. The van der Waals surface area contributed by atoms with Gasteiger partial charge in [0.2, 0.25) is 0 Å². The minimum atomic E-state index is 0.169. The molecule has 0 radical (unpaired) electrons. The van der Waals surface area contributed by atoms with Crippen LogP contribution in [0.2, 0.25) is 0 Å². The quantitative estimate of drug-likeness (QED) is 0.494. The van der Waals surface area contributed by atoms with Crippen molar-refractivity contribution in [2.75, 3.05) is 0 Å². The second-order valence-electron chi connectivity index (χ2n) is 5.21. The molecule has 0 aliphatic rings. The lowest BCUT2D eigenvalue weighted by Crippen LogP contribution is -1.86. The summed E-state index contributed by atoms with van der Waals surface area (Å²) in [4.78, 5) is 0. The Kier molecular flexibility index (Phi) is 5.98. The smallest absolute Gasteiger partial charge is 0.115 e. The zero-order chi connectivity index (χ0) is 17.4. The second kappa shape index (κ2) is 8.39. The van der Waals surface area contributed by atoms with Gasteiger partial charge in [-0.3, -0.25) is 0 Å². The third-order valence-electron chi connectivity index (χ3n) is 3.46. The van der Waals surface area contributed by atoms with Gasteiger partial charge in [-0.2, -0.15) is 0 Å². The maximum atomic E-state index is 8.65. The molecule has 0 spiro atoms. The van der Waals surface area contributed by atoms with E-state index in [1.807, 2.05) is 36.4 Å². The molecule has 2 nitrogen and oxygen atoms in total. The molecule has 3 aromatic rings. The summed E-state index contributed by atoms with van der Waals surface area (Å²) >= 11 is 0. The maximum Gasteiger partial charge on any atom is 0.115 e. The van der Waals surface area contributed by atoms with Crippen molar-refractivity contribution in [3.63, 3.8) is 0 Å². The van der Waals surface area contributed by atoms with Crippen molar-refractivity contribution < 1.29 is 10.2 Å². The Balaban J connectivity index is 0.000000219. The van der Waals surface area contributed by atoms with Gasteiger partial charge >= 0.3 is 0 Å². The van der Waals surface area contributed by atoms with Crippen LogP contribution in [-0.4, -0.2) is 10.2 Å². The number of benzene rings is 3. The van der Waals surface area contributed by atoms with Gasteiger partial charge in [0.15, 0.2) is 0 Å². The van der Waals surface area contributed by atoms with Gasteiger partial charge in [0.25, 0.3) is 0 Å². The van der Waals surface area contributed by atoms with E-state index in [2.05, 4.69) is 37.4 Å². The molecule has 0 atom stereocenters.